The highest BCUT2D eigenvalue weighted by Gasteiger charge is 2.19. The lowest BCUT2D eigenvalue weighted by Crippen LogP contribution is -2.35. The zero-order chi connectivity index (χ0) is 21.5. The van der Waals surface area contributed by atoms with Crippen molar-refractivity contribution in [1.82, 2.24) is 19.7 Å². The molecule has 0 spiro atoms. The summed E-state index contributed by atoms with van der Waals surface area (Å²) in [5.74, 6) is -0.176. The van der Waals surface area contributed by atoms with Crippen LogP contribution in [0.25, 0.3) is 5.69 Å². The van der Waals surface area contributed by atoms with Crippen molar-refractivity contribution < 1.29 is 4.74 Å². The first-order valence-corrected chi connectivity index (χ1v) is 9.03. The second kappa shape index (κ2) is 7.80. The number of ether oxygens (including phenoxy) is 1. The maximum absolute atomic E-state index is 12.1. The van der Waals surface area contributed by atoms with E-state index in [4.69, 9.17) is 41.5 Å². The minimum Gasteiger partial charge on any atom is -0.453 e. The topological polar surface area (TPSA) is 136 Å². The van der Waals surface area contributed by atoms with Crippen LogP contribution in [-0.4, -0.2) is 27.6 Å². The summed E-state index contributed by atoms with van der Waals surface area (Å²) in [6.45, 7) is 3.73. The summed E-state index contributed by atoms with van der Waals surface area (Å²) >= 11 is 12.6. The molecule has 0 saturated heterocycles. The smallest absolute Gasteiger partial charge is 0.349 e. The molecule has 3 rings (SSSR count). The van der Waals surface area contributed by atoms with Gasteiger partial charge in [-0.15, -0.1) is 5.10 Å². The number of nitrogens with two attached hydrogens (primary N) is 1. The molecule has 4 N–H and O–H groups in total. The van der Waals surface area contributed by atoms with Gasteiger partial charge in [-0.3, -0.25) is 14.6 Å². The highest BCUT2D eigenvalue weighted by molar-refractivity contribution is 6.49. The van der Waals surface area contributed by atoms with E-state index in [2.05, 4.69) is 10.1 Å². The Morgan fingerprint density at radius 3 is 2.55 bits per heavy atom. The fraction of sp³-hybridized carbons (Fsp3) is 0.176. The third kappa shape index (κ3) is 3.94. The molecule has 29 heavy (non-hydrogen) atoms. The lowest BCUT2D eigenvalue weighted by Gasteiger charge is -2.16. The number of aromatic nitrogens is 4. The normalized spacial score (nSPS) is 11.1. The lowest BCUT2D eigenvalue weighted by molar-refractivity contribution is 0.479. The molecule has 0 aliphatic rings. The Kier molecular flexibility index (Phi) is 5.58. The summed E-state index contributed by atoms with van der Waals surface area (Å²) in [5, 5.41) is 3.62. The zero-order valence-electron chi connectivity index (χ0n) is 15.2. The third-order valence-corrected chi connectivity index (χ3v) is 4.68. The Labute approximate surface area is 174 Å². The molecule has 1 aromatic carbocycles. The molecule has 0 aliphatic heterocycles. The molecule has 3 aromatic rings. The Morgan fingerprint density at radius 2 is 1.90 bits per heavy atom. The fourth-order valence-corrected chi connectivity index (χ4v) is 3.06. The molecule has 2 aromatic heterocycles. The average Bonchev–Trinajstić information content (AvgIpc) is 2.66. The number of nitrogens with zero attached hydrogens (tertiary/aromatic N) is 2. The summed E-state index contributed by atoms with van der Waals surface area (Å²) in [7, 11) is 6.04. The van der Waals surface area contributed by atoms with Gasteiger partial charge in [0.25, 0.3) is 11.1 Å². The molecule has 2 radical (unpaired) electrons. The van der Waals surface area contributed by atoms with Crippen molar-refractivity contribution in [2.75, 3.05) is 5.73 Å². The number of halogens is 2. The molecule has 12 heteroatoms. The number of benzene rings is 1. The molecule has 0 amide bonds. The summed E-state index contributed by atoms with van der Waals surface area (Å²) in [6.07, 6.45) is 1.36. The quantitative estimate of drug-likeness (QED) is 0.529. The van der Waals surface area contributed by atoms with Gasteiger partial charge in [0, 0.05) is 11.8 Å². The third-order valence-electron chi connectivity index (χ3n) is 4.02. The number of nitrogen functional groups attached to an aromatic ring is 1. The summed E-state index contributed by atoms with van der Waals surface area (Å²) in [4.78, 5) is 39.9. The van der Waals surface area contributed by atoms with Crippen molar-refractivity contribution in [3.8, 4) is 17.2 Å². The van der Waals surface area contributed by atoms with Crippen molar-refractivity contribution in [1.29, 1.82) is 0 Å². The van der Waals surface area contributed by atoms with Gasteiger partial charge in [-0.1, -0.05) is 37.0 Å². The number of rotatable bonds is 4. The molecule has 0 fully saturated rings. The maximum Gasteiger partial charge on any atom is 0.349 e. The van der Waals surface area contributed by atoms with Crippen molar-refractivity contribution >= 4 is 42.3 Å². The molecule has 0 saturated carbocycles. The van der Waals surface area contributed by atoms with Crippen molar-refractivity contribution in [2.45, 2.75) is 19.8 Å². The molecular formula is C17H14BCl2N5O4. The van der Waals surface area contributed by atoms with E-state index in [0.717, 1.165) is 4.68 Å². The van der Waals surface area contributed by atoms with E-state index in [9.17, 15) is 14.4 Å². The summed E-state index contributed by atoms with van der Waals surface area (Å²) in [6, 6.07) is 2.86. The monoisotopic (exact) mass is 433 g/mol. The number of nitrogens with one attached hydrogen (secondary N) is 2. The Bertz CT molecular complexity index is 1280. The van der Waals surface area contributed by atoms with E-state index in [1.165, 1.54) is 12.3 Å². The first-order valence-electron chi connectivity index (χ1n) is 8.27. The fourth-order valence-electron chi connectivity index (χ4n) is 2.53. The Balaban J connectivity index is 2.11. The number of anilines is 1. The van der Waals surface area contributed by atoms with E-state index in [0.29, 0.717) is 5.56 Å². The van der Waals surface area contributed by atoms with Gasteiger partial charge in [0.05, 0.1) is 15.7 Å². The van der Waals surface area contributed by atoms with Crippen molar-refractivity contribution in [2.24, 2.45) is 0 Å². The highest BCUT2D eigenvalue weighted by Crippen LogP contribution is 2.36. The van der Waals surface area contributed by atoms with Crippen LogP contribution in [0.4, 0.5) is 5.82 Å². The van der Waals surface area contributed by atoms with E-state index in [1.54, 1.807) is 6.07 Å². The van der Waals surface area contributed by atoms with Crippen LogP contribution in [0, 0.1) is 0 Å². The van der Waals surface area contributed by atoms with E-state index in [1.807, 2.05) is 18.8 Å². The second-order valence-corrected chi connectivity index (χ2v) is 7.15. The molecule has 0 aliphatic carbocycles. The largest absolute Gasteiger partial charge is 0.453 e. The number of pyridine rings is 1. The van der Waals surface area contributed by atoms with Crippen molar-refractivity contribution in [3.05, 3.63) is 65.1 Å². The molecule has 0 bridgehead atoms. The molecular weight excluding hydrogens is 420 g/mol. The van der Waals surface area contributed by atoms with Crippen LogP contribution in [0.15, 0.2) is 32.7 Å². The predicted molar refractivity (Wildman–Crippen MR) is 112 cm³/mol. The van der Waals surface area contributed by atoms with E-state index >= 15 is 0 Å². The number of hydrogen-bond donors (Lipinski definition) is 3. The van der Waals surface area contributed by atoms with Gasteiger partial charge in [-0.05, 0) is 23.5 Å². The number of hydrogen-bond acceptors (Lipinski definition) is 6. The molecule has 2 heterocycles. The molecule has 0 atom stereocenters. The number of aromatic amines is 2. The van der Waals surface area contributed by atoms with Gasteiger partial charge < -0.3 is 15.5 Å². The standard InChI is InChI=1S/C17H14BCl2N5O4/c1-6(2)8-3-7(5-22-15(8)26)29-13-9(19)4-10(11(18)12(13)20)25-17(28)23-16(27)14(21)24-25/h3-6H,1-2H3,(H2,21,24)(H,22,26)(H,23,27,28). The van der Waals surface area contributed by atoms with Crippen LogP contribution < -0.4 is 32.7 Å². The molecule has 9 nitrogen and oxygen atoms in total. The molecule has 0 unspecified atom stereocenters. The Hall–Kier alpha value is -2.98. The van der Waals surface area contributed by atoms with Gasteiger partial charge in [-0.25, -0.2) is 4.79 Å². The lowest BCUT2D eigenvalue weighted by atomic mass is 9.93. The van der Waals surface area contributed by atoms with Crippen LogP contribution in [0.1, 0.15) is 25.3 Å². The van der Waals surface area contributed by atoms with Crippen LogP contribution >= 0.6 is 23.2 Å². The first kappa shape index (κ1) is 20.8. The van der Waals surface area contributed by atoms with Crippen molar-refractivity contribution in [3.63, 3.8) is 0 Å². The van der Waals surface area contributed by atoms with Crippen LogP contribution in [0.3, 0.4) is 0 Å². The van der Waals surface area contributed by atoms with Crippen LogP contribution in [0.2, 0.25) is 10.0 Å². The minimum absolute atomic E-state index is 0.00429. The highest BCUT2D eigenvalue weighted by atomic mass is 35.5. The van der Waals surface area contributed by atoms with E-state index in [-0.39, 0.29) is 44.2 Å². The SMILES string of the molecule is [B]c1c(-n2nc(N)c(=O)[nH]c2=O)cc(Cl)c(Oc2c[nH]c(=O)c(C(C)C)c2)c1Cl. The van der Waals surface area contributed by atoms with Gasteiger partial charge in [0.15, 0.2) is 5.75 Å². The summed E-state index contributed by atoms with van der Waals surface area (Å²) < 4.78 is 6.49. The number of H-pyrrole nitrogens is 2. The first-order chi connectivity index (χ1) is 13.6. The van der Waals surface area contributed by atoms with Crippen LogP contribution in [-0.2, 0) is 0 Å². The van der Waals surface area contributed by atoms with Gasteiger partial charge in [-0.2, -0.15) is 4.68 Å². The van der Waals surface area contributed by atoms with E-state index < -0.39 is 17.1 Å². The minimum atomic E-state index is -0.876. The van der Waals surface area contributed by atoms with Gasteiger partial charge >= 0.3 is 5.69 Å². The summed E-state index contributed by atoms with van der Waals surface area (Å²) in [5.41, 5.74) is 3.95. The van der Waals surface area contributed by atoms with Crippen LogP contribution in [0.5, 0.6) is 11.5 Å². The Morgan fingerprint density at radius 1 is 1.21 bits per heavy atom. The zero-order valence-corrected chi connectivity index (χ0v) is 16.8. The predicted octanol–water partition coefficient (Wildman–Crippen LogP) is 1.21. The average molecular weight is 434 g/mol. The van der Waals surface area contributed by atoms with Gasteiger partial charge in [0.1, 0.15) is 13.6 Å². The van der Waals surface area contributed by atoms with Gasteiger partial charge in [0.2, 0.25) is 5.82 Å². The maximum atomic E-state index is 12.1. The molecule has 148 valence electrons. The second-order valence-electron chi connectivity index (χ2n) is 6.37.